The van der Waals surface area contributed by atoms with Gasteiger partial charge in [0.1, 0.15) is 0 Å². The molecule has 0 bridgehead atoms. The van der Waals surface area contributed by atoms with Gasteiger partial charge in [0.15, 0.2) is 11.6 Å². The Morgan fingerprint density at radius 1 is 1.30 bits per heavy atom. The van der Waals surface area contributed by atoms with Crippen molar-refractivity contribution in [3.8, 4) is 5.75 Å². The summed E-state index contributed by atoms with van der Waals surface area (Å²) < 4.78 is 18.7. The van der Waals surface area contributed by atoms with Crippen molar-refractivity contribution >= 4 is 0 Å². The zero-order valence-corrected chi connectivity index (χ0v) is 12.6. The van der Waals surface area contributed by atoms with Crippen molar-refractivity contribution in [2.45, 2.75) is 39.0 Å². The van der Waals surface area contributed by atoms with Crippen LogP contribution in [-0.2, 0) is 6.42 Å². The Bertz CT molecular complexity index is 421. The van der Waals surface area contributed by atoms with Crippen LogP contribution in [0.5, 0.6) is 5.75 Å². The lowest BCUT2D eigenvalue weighted by Gasteiger charge is -2.20. The summed E-state index contributed by atoms with van der Waals surface area (Å²) in [5.41, 5.74) is 1.09. The van der Waals surface area contributed by atoms with E-state index in [4.69, 9.17) is 4.74 Å². The zero-order valence-electron chi connectivity index (χ0n) is 12.6. The van der Waals surface area contributed by atoms with Gasteiger partial charge in [0, 0.05) is 0 Å². The molecule has 0 aliphatic heterocycles. The normalized spacial score (nSPS) is 22.1. The number of benzene rings is 1. The van der Waals surface area contributed by atoms with Crippen LogP contribution in [0.15, 0.2) is 18.2 Å². The molecule has 112 valence electrons. The van der Waals surface area contributed by atoms with Crippen LogP contribution in [0.4, 0.5) is 4.39 Å². The fraction of sp³-hybridized carbons (Fsp3) is 0.647. The summed E-state index contributed by atoms with van der Waals surface area (Å²) in [4.78, 5) is 0. The first-order valence-corrected chi connectivity index (χ1v) is 7.77. The third kappa shape index (κ3) is 3.95. The van der Waals surface area contributed by atoms with E-state index >= 15 is 0 Å². The molecule has 0 radical (unpaired) electrons. The quantitative estimate of drug-likeness (QED) is 0.767. The van der Waals surface area contributed by atoms with Crippen LogP contribution < -0.4 is 10.1 Å². The van der Waals surface area contributed by atoms with Gasteiger partial charge in [-0.2, -0.15) is 0 Å². The van der Waals surface area contributed by atoms with Crippen molar-refractivity contribution in [3.05, 3.63) is 29.6 Å². The second-order valence-corrected chi connectivity index (χ2v) is 5.83. The molecule has 1 saturated carbocycles. The predicted molar refractivity (Wildman–Crippen MR) is 80.6 cm³/mol. The van der Waals surface area contributed by atoms with E-state index in [-0.39, 0.29) is 5.82 Å². The number of methoxy groups -OCH3 is 1. The highest BCUT2D eigenvalue weighted by Crippen LogP contribution is 2.34. The minimum atomic E-state index is -0.247. The standard InChI is InChI=1S/C17H26FNO/c1-3-9-19-12-15-6-4-5-14(15)10-13-7-8-17(20-2)16(18)11-13/h7-8,11,14-15,19H,3-6,9-10,12H2,1-2H3. The molecule has 2 rings (SSSR count). The molecular formula is C17H26FNO. The molecule has 2 nitrogen and oxygen atoms in total. The van der Waals surface area contributed by atoms with E-state index in [1.54, 1.807) is 12.1 Å². The van der Waals surface area contributed by atoms with Gasteiger partial charge in [0.25, 0.3) is 0 Å². The Kier molecular flexibility index (Phi) is 5.84. The molecule has 0 aromatic heterocycles. The van der Waals surface area contributed by atoms with E-state index in [1.165, 1.54) is 32.8 Å². The fourth-order valence-electron chi connectivity index (χ4n) is 3.25. The van der Waals surface area contributed by atoms with Crippen molar-refractivity contribution in [3.63, 3.8) is 0 Å². The third-order valence-electron chi connectivity index (χ3n) is 4.36. The highest BCUT2D eigenvalue weighted by Gasteiger charge is 2.27. The summed E-state index contributed by atoms with van der Waals surface area (Å²) in [7, 11) is 1.50. The van der Waals surface area contributed by atoms with Gasteiger partial charge < -0.3 is 10.1 Å². The Morgan fingerprint density at radius 3 is 2.80 bits per heavy atom. The van der Waals surface area contributed by atoms with Crippen LogP contribution >= 0.6 is 0 Å². The van der Waals surface area contributed by atoms with Gasteiger partial charge in [-0.1, -0.05) is 19.4 Å². The van der Waals surface area contributed by atoms with Crippen LogP contribution in [-0.4, -0.2) is 20.2 Å². The molecule has 2 atom stereocenters. The number of hydrogen-bond donors (Lipinski definition) is 1. The first kappa shape index (κ1) is 15.3. The van der Waals surface area contributed by atoms with E-state index in [0.29, 0.717) is 11.7 Å². The molecule has 3 heteroatoms. The number of ether oxygens (including phenoxy) is 1. The molecule has 1 aliphatic carbocycles. The Morgan fingerprint density at radius 2 is 2.10 bits per heavy atom. The van der Waals surface area contributed by atoms with Gasteiger partial charge in [-0.15, -0.1) is 0 Å². The summed E-state index contributed by atoms with van der Waals surface area (Å²) in [6, 6.07) is 5.37. The topological polar surface area (TPSA) is 21.3 Å². The molecule has 1 fully saturated rings. The van der Waals surface area contributed by atoms with Crippen molar-refractivity contribution in [1.29, 1.82) is 0 Å². The van der Waals surface area contributed by atoms with E-state index < -0.39 is 0 Å². The van der Waals surface area contributed by atoms with Crippen LogP contribution in [0.25, 0.3) is 0 Å². The van der Waals surface area contributed by atoms with Crippen molar-refractivity contribution < 1.29 is 9.13 Å². The predicted octanol–water partition coefficient (Wildman–Crippen LogP) is 3.79. The smallest absolute Gasteiger partial charge is 0.165 e. The largest absolute Gasteiger partial charge is 0.494 e. The fourth-order valence-corrected chi connectivity index (χ4v) is 3.25. The minimum absolute atomic E-state index is 0.247. The number of rotatable bonds is 7. The molecule has 2 unspecified atom stereocenters. The lowest BCUT2D eigenvalue weighted by Crippen LogP contribution is -2.26. The van der Waals surface area contributed by atoms with Gasteiger partial charge in [-0.25, -0.2) is 4.39 Å². The van der Waals surface area contributed by atoms with Crippen LogP contribution in [0.2, 0.25) is 0 Å². The Balaban J connectivity index is 1.92. The molecule has 20 heavy (non-hydrogen) atoms. The van der Waals surface area contributed by atoms with Gasteiger partial charge in [-0.3, -0.25) is 0 Å². The summed E-state index contributed by atoms with van der Waals surface area (Å²) in [6.45, 7) is 4.40. The van der Waals surface area contributed by atoms with E-state index in [2.05, 4.69) is 12.2 Å². The SMILES string of the molecule is CCCNCC1CCCC1Cc1ccc(OC)c(F)c1. The maximum Gasteiger partial charge on any atom is 0.165 e. The molecule has 0 saturated heterocycles. The molecule has 1 aliphatic rings. The van der Waals surface area contributed by atoms with Gasteiger partial charge in [0.05, 0.1) is 7.11 Å². The number of nitrogens with one attached hydrogen (secondary N) is 1. The first-order chi connectivity index (χ1) is 9.74. The molecule has 0 spiro atoms. The molecule has 1 aromatic carbocycles. The summed E-state index contributed by atoms with van der Waals surface area (Å²) in [5, 5.41) is 3.53. The number of halogens is 1. The lowest BCUT2D eigenvalue weighted by molar-refractivity contribution is 0.363. The Labute approximate surface area is 121 Å². The van der Waals surface area contributed by atoms with Crippen molar-refractivity contribution in [2.75, 3.05) is 20.2 Å². The monoisotopic (exact) mass is 279 g/mol. The molecule has 0 amide bonds. The average Bonchev–Trinajstić information content (AvgIpc) is 2.87. The summed E-state index contributed by atoms with van der Waals surface area (Å²) in [5.74, 6) is 1.52. The van der Waals surface area contributed by atoms with Crippen LogP contribution in [0.3, 0.4) is 0 Å². The van der Waals surface area contributed by atoms with Gasteiger partial charge in [0.2, 0.25) is 0 Å². The Hall–Kier alpha value is -1.09. The highest BCUT2D eigenvalue weighted by atomic mass is 19.1. The zero-order chi connectivity index (χ0) is 14.4. The molecule has 1 N–H and O–H groups in total. The van der Waals surface area contributed by atoms with E-state index in [9.17, 15) is 4.39 Å². The maximum absolute atomic E-state index is 13.7. The second kappa shape index (κ2) is 7.63. The molecule has 0 heterocycles. The average molecular weight is 279 g/mol. The third-order valence-corrected chi connectivity index (χ3v) is 4.36. The minimum Gasteiger partial charge on any atom is -0.494 e. The van der Waals surface area contributed by atoms with Crippen molar-refractivity contribution in [2.24, 2.45) is 11.8 Å². The first-order valence-electron chi connectivity index (χ1n) is 7.77. The highest BCUT2D eigenvalue weighted by molar-refractivity contribution is 5.29. The van der Waals surface area contributed by atoms with E-state index in [1.807, 2.05) is 6.07 Å². The van der Waals surface area contributed by atoms with Gasteiger partial charge >= 0.3 is 0 Å². The van der Waals surface area contributed by atoms with Crippen LogP contribution in [0, 0.1) is 17.7 Å². The van der Waals surface area contributed by atoms with Crippen molar-refractivity contribution in [1.82, 2.24) is 5.32 Å². The van der Waals surface area contributed by atoms with Crippen LogP contribution in [0.1, 0.15) is 38.2 Å². The summed E-state index contributed by atoms with van der Waals surface area (Å²) >= 11 is 0. The maximum atomic E-state index is 13.7. The van der Waals surface area contributed by atoms with E-state index in [0.717, 1.165) is 31.0 Å². The van der Waals surface area contributed by atoms with Gasteiger partial charge in [-0.05, 0) is 68.3 Å². The second-order valence-electron chi connectivity index (χ2n) is 5.83. The summed E-state index contributed by atoms with van der Waals surface area (Å²) in [6.07, 6.45) is 6.05. The molecular weight excluding hydrogens is 253 g/mol. The number of hydrogen-bond acceptors (Lipinski definition) is 2. The molecule has 1 aromatic rings. The lowest BCUT2D eigenvalue weighted by atomic mass is 9.89.